The van der Waals surface area contributed by atoms with E-state index in [1.165, 1.54) is 17.9 Å². The largest absolute Gasteiger partial charge is 0.342 e. The third kappa shape index (κ3) is 4.01. The molecule has 1 aromatic carbocycles. The number of rotatable bonds is 4. The molecule has 2 aromatic rings. The van der Waals surface area contributed by atoms with Gasteiger partial charge in [-0.15, -0.1) is 0 Å². The van der Waals surface area contributed by atoms with E-state index < -0.39 is 0 Å². The number of nitrogens with one attached hydrogen (secondary N) is 1. The Hall–Kier alpha value is -1.53. The second kappa shape index (κ2) is 7.79. The Morgan fingerprint density at radius 3 is 3.00 bits per heavy atom. The van der Waals surface area contributed by atoms with E-state index in [1.54, 1.807) is 0 Å². The van der Waals surface area contributed by atoms with Crippen LogP contribution in [0.15, 0.2) is 24.3 Å². The van der Waals surface area contributed by atoms with Gasteiger partial charge in [0.05, 0.1) is 11.0 Å². The summed E-state index contributed by atoms with van der Waals surface area (Å²) in [5.74, 6) is 3.73. The van der Waals surface area contributed by atoms with Crippen LogP contribution in [0.4, 0.5) is 0 Å². The van der Waals surface area contributed by atoms with Crippen molar-refractivity contribution in [2.75, 3.05) is 37.7 Å². The molecular formula is C19H26N4OS. The number of hydrogen-bond donors (Lipinski definition) is 1. The summed E-state index contributed by atoms with van der Waals surface area (Å²) in [6, 6.07) is 8.75. The first-order valence-corrected chi connectivity index (χ1v) is 10.5. The van der Waals surface area contributed by atoms with E-state index in [2.05, 4.69) is 31.5 Å². The van der Waals surface area contributed by atoms with Crippen molar-refractivity contribution in [3.05, 3.63) is 30.1 Å². The molecular weight excluding hydrogens is 332 g/mol. The molecule has 134 valence electrons. The molecule has 2 aliphatic heterocycles. The Labute approximate surface area is 153 Å². The fourth-order valence-electron chi connectivity index (χ4n) is 3.87. The highest BCUT2D eigenvalue weighted by Gasteiger charge is 2.26. The number of nitrogens with zero attached hydrogens (tertiary/aromatic N) is 3. The maximum Gasteiger partial charge on any atom is 0.223 e. The first kappa shape index (κ1) is 16.9. The molecule has 6 heteroatoms. The molecule has 2 aliphatic rings. The van der Waals surface area contributed by atoms with Gasteiger partial charge in [0.1, 0.15) is 5.82 Å². The standard InChI is InChI=1S/C19H26N4OS/c24-19(7-6-18-20-16-4-1-2-5-17(16)21-18)23-10-3-9-22(11-12-23)15-8-13-25-14-15/h1-2,4-5,15H,3,6-14H2,(H,20,21). The number of para-hydroxylation sites is 2. The summed E-state index contributed by atoms with van der Waals surface area (Å²) in [6.45, 7) is 3.94. The van der Waals surface area contributed by atoms with Crippen LogP contribution in [0.3, 0.4) is 0 Å². The summed E-state index contributed by atoms with van der Waals surface area (Å²) in [5, 5.41) is 0. The van der Waals surface area contributed by atoms with Gasteiger partial charge in [0.2, 0.25) is 5.91 Å². The molecule has 2 fully saturated rings. The molecule has 2 saturated heterocycles. The number of thioether (sulfide) groups is 1. The van der Waals surface area contributed by atoms with Gasteiger partial charge in [-0.05, 0) is 30.7 Å². The minimum Gasteiger partial charge on any atom is -0.342 e. The van der Waals surface area contributed by atoms with Crippen LogP contribution in [0.2, 0.25) is 0 Å². The molecule has 0 aliphatic carbocycles. The first-order chi connectivity index (χ1) is 12.3. The Balaban J connectivity index is 1.30. The molecule has 1 N–H and O–H groups in total. The molecule has 0 spiro atoms. The molecule has 1 amide bonds. The molecule has 25 heavy (non-hydrogen) atoms. The number of H-pyrrole nitrogens is 1. The van der Waals surface area contributed by atoms with Crippen LogP contribution >= 0.6 is 11.8 Å². The van der Waals surface area contributed by atoms with E-state index in [9.17, 15) is 4.79 Å². The van der Waals surface area contributed by atoms with Crippen molar-refractivity contribution in [3.8, 4) is 0 Å². The molecule has 0 bridgehead atoms. The fourth-order valence-corrected chi connectivity index (χ4v) is 5.12. The lowest BCUT2D eigenvalue weighted by Gasteiger charge is -2.26. The zero-order chi connectivity index (χ0) is 17.1. The van der Waals surface area contributed by atoms with Crippen molar-refractivity contribution >= 4 is 28.7 Å². The van der Waals surface area contributed by atoms with Gasteiger partial charge in [-0.3, -0.25) is 9.69 Å². The molecule has 0 radical (unpaired) electrons. The van der Waals surface area contributed by atoms with Crippen LogP contribution in [-0.2, 0) is 11.2 Å². The Bertz CT molecular complexity index is 692. The van der Waals surface area contributed by atoms with Crippen LogP contribution in [0.25, 0.3) is 11.0 Å². The number of amides is 1. The minimum absolute atomic E-state index is 0.267. The average Bonchev–Trinajstić information content (AvgIpc) is 3.24. The van der Waals surface area contributed by atoms with Gasteiger partial charge in [-0.2, -0.15) is 11.8 Å². The van der Waals surface area contributed by atoms with E-state index >= 15 is 0 Å². The topological polar surface area (TPSA) is 52.2 Å². The van der Waals surface area contributed by atoms with Crippen molar-refractivity contribution in [1.29, 1.82) is 0 Å². The average molecular weight is 359 g/mol. The first-order valence-electron chi connectivity index (χ1n) is 9.33. The third-order valence-corrected chi connectivity index (χ3v) is 6.46. The SMILES string of the molecule is O=C(CCc1nc2ccccc2[nH]1)N1CCCN(C2CCSC2)CC1. The van der Waals surface area contributed by atoms with E-state index in [0.29, 0.717) is 12.8 Å². The fraction of sp³-hybridized carbons (Fsp3) is 0.579. The van der Waals surface area contributed by atoms with Crippen LogP contribution < -0.4 is 0 Å². The summed E-state index contributed by atoms with van der Waals surface area (Å²) in [6.07, 6.45) is 3.63. The molecule has 1 atom stereocenters. The number of imidazole rings is 1. The van der Waals surface area contributed by atoms with Crippen LogP contribution in [0, 0.1) is 0 Å². The predicted molar refractivity (Wildman–Crippen MR) is 103 cm³/mol. The lowest BCUT2D eigenvalue weighted by molar-refractivity contribution is -0.131. The van der Waals surface area contributed by atoms with Gasteiger partial charge in [0.25, 0.3) is 0 Å². The number of aromatic nitrogens is 2. The highest BCUT2D eigenvalue weighted by Crippen LogP contribution is 2.23. The quantitative estimate of drug-likeness (QED) is 0.913. The zero-order valence-corrected chi connectivity index (χ0v) is 15.4. The number of carbonyl (C=O) groups excluding carboxylic acids is 1. The van der Waals surface area contributed by atoms with Crippen molar-refractivity contribution < 1.29 is 4.79 Å². The van der Waals surface area contributed by atoms with Crippen LogP contribution in [0.5, 0.6) is 0 Å². The van der Waals surface area contributed by atoms with Gasteiger partial charge in [0.15, 0.2) is 0 Å². The second-order valence-corrected chi connectivity index (χ2v) is 8.14. The maximum absolute atomic E-state index is 12.6. The summed E-state index contributed by atoms with van der Waals surface area (Å²) < 4.78 is 0. The molecule has 5 nitrogen and oxygen atoms in total. The highest BCUT2D eigenvalue weighted by atomic mass is 32.2. The Kier molecular flexibility index (Phi) is 5.27. The van der Waals surface area contributed by atoms with Crippen molar-refractivity contribution in [2.45, 2.75) is 31.7 Å². The van der Waals surface area contributed by atoms with Gasteiger partial charge < -0.3 is 9.88 Å². The van der Waals surface area contributed by atoms with E-state index in [4.69, 9.17) is 0 Å². The summed E-state index contributed by atoms with van der Waals surface area (Å²) in [5.41, 5.74) is 2.02. The summed E-state index contributed by atoms with van der Waals surface area (Å²) in [4.78, 5) is 25.2. The predicted octanol–water partition coefficient (Wildman–Crippen LogP) is 2.54. The highest BCUT2D eigenvalue weighted by molar-refractivity contribution is 7.99. The van der Waals surface area contributed by atoms with Gasteiger partial charge in [-0.1, -0.05) is 12.1 Å². The molecule has 4 rings (SSSR count). The number of aromatic amines is 1. The number of carbonyl (C=O) groups is 1. The lowest BCUT2D eigenvalue weighted by atomic mass is 10.2. The normalized spacial score (nSPS) is 22.4. The van der Waals surface area contributed by atoms with Crippen LogP contribution in [0.1, 0.15) is 25.1 Å². The number of aryl methyl sites for hydroxylation is 1. The van der Waals surface area contributed by atoms with Gasteiger partial charge in [-0.25, -0.2) is 4.98 Å². The van der Waals surface area contributed by atoms with Gasteiger partial charge in [0, 0.05) is 50.8 Å². The zero-order valence-electron chi connectivity index (χ0n) is 14.6. The summed E-state index contributed by atoms with van der Waals surface area (Å²) in [7, 11) is 0. The molecule has 1 unspecified atom stereocenters. The number of fused-ring (bicyclic) bond motifs is 1. The number of benzene rings is 1. The second-order valence-electron chi connectivity index (χ2n) is 6.99. The molecule has 1 aromatic heterocycles. The summed E-state index contributed by atoms with van der Waals surface area (Å²) >= 11 is 2.06. The van der Waals surface area contributed by atoms with E-state index in [1.807, 2.05) is 24.3 Å². The monoisotopic (exact) mass is 358 g/mol. The maximum atomic E-state index is 12.6. The van der Waals surface area contributed by atoms with Crippen LogP contribution in [-0.4, -0.2) is 69.4 Å². The van der Waals surface area contributed by atoms with E-state index in [0.717, 1.165) is 55.5 Å². The smallest absolute Gasteiger partial charge is 0.223 e. The number of hydrogen-bond acceptors (Lipinski definition) is 4. The lowest BCUT2D eigenvalue weighted by Crippen LogP contribution is -2.39. The van der Waals surface area contributed by atoms with Crippen molar-refractivity contribution in [3.63, 3.8) is 0 Å². The van der Waals surface area contributed by atoms with E-state index in [-0.39, 0.29) is 5.91 Å². The minimum atomic E-state index is 0.267. The molecule has 0 saturated carbocycles. The third-order valence-electron chi connectivity index (χ3n) is 5.32. The Morgan fingerprint density at radius 2 is 2.16 bits per heavy atom. The van der Waals surface area contributed by atoms with Gasteiger partial charge >= 0.3 is 0 Å². The van der Waals surface area contributed by atoms with Crippen molar-refractivity contribution in [1.82, 2.24) is 19.8 Å². The van der Waals surface area contributed by atoms with Crippen molar-refractivity contribution in [2.24, 2.45) is 0 Å². The Morgan fingerprint density at radius 1 is 1.24 bits per heavy atom. The molecule has 3 heterocycles.